The first kappa shape index (κ1) is 10.8. The van der Waals surface area contributed by atoms with E-state index in [1.165, 1.54) is 5.56 Å². The molecule has 1 aromatic carbocycles. The molecule has 1 aromatic rings. The van der Waals surface area contributed by atoms with E-state index in [9.17, 15) is 0 Å². The smallest absolute Gasteiger partial charge is 0.161 e. The molecule has 0 saturated heterocycles. The summed E-state index contributed by atoms with van der Waals surface area (Å²) < 4.78 is 11.1. The zero-order chi connectivity index (χ0) is 10.7. The number of ether oxygens (including phenoxy) is 2. The van der Waals surface area contributed by atoms with Crippen molar-refractivity contribution in [3.63, 3.8) is 0 Å². The Morgan fingerprint density at radius 2 is 2.00 bits per heavy atom. The summed E-state index contributed by atoms with van der Waals surface area (Å²) in [6, 6.07) is 6.24. The lowest BCUT2D eigenvalue weighted by Crippen LogP contribution is -2.15. The highest BCUT2D eigenvalue weighted by molar-refractivity contribution is 9.09. The maximum atomic E-state index is 5.56. The molecule has 2 rings (SSSR count). The van der Waals surface area contributed by atoms with Crippen LogP contribution in [0.1, 0.15) is 24.8 Å². The van der Waals surface area contributed by atoms with E-state index in [2.05, 4.69) is 35.0 Å². The number of fused-ring (bicyclic) bond motifs is 1. The third-order valence-electron chi connectivity index (χ3n) is 2.72. The molecule has 0 aromatic heterocycles. The quantitative estimate of drug-likeness (QED) is 0.785. The van der Waals surface area contributed by atoms with Crippen molar-refractivity contribution in [1.82, 2.24) is 0 Å². The molecule has 15 heavy (non-hydrogen) atoms. The van der Waals surface area contributed by atoms with Gasteiger partial charge >= 0.3 is 0 Å². The fourth-order valence-electron chi connectivity index (χ4n) is 1.75. The lowest BCUT2D eigenvalue weighted by atomic mass is 9.98. The van der Waals surface area contributed by atoms with Crippen molar-refractivity contribution in [3.05, 3.63) is 23.8 Å². The zero-order valence-corrected chi connectivity index (χ0v) is 10.4. The average molecular weight is 271 g/mol. The number of benzene rings is 1. The molecule has 1 atom stereocenters. The molecule has 0 saturated carbocycles. The van der Waals surface area contributed by atoms with Gasteiger partial charge in [-0.1, -0.05) is 28.9 Å². The first-order valence-electron chi connectivity index (χ1n) is 5.30. The molecule has 1 heterocycles. The number of alkyl halides is 1. The van der Waals surface area contributed by atoms with E-state index in [0.29, 0.717) is 19.1 Å². The van der Waals surface area contributed by atoms with E-state index in [1.807, 2.05) is 6.07 Å². The van der Waals surface area contributed by atoms with Gasteiger partial charge in [-0.25, -0.2) is 0 Å². The van der Waals surface area contributed by atoms with Crippen molar-refractivity contribution in [1.29, 1.82) is 0 Å². The molecule has 0 amide bonds. The van der Waals surface area contributed by atoms with E-state index in [-0.39, 0.29) is 0 Å². The average Bonchev–Trinajstić information content (AvgIpc) is 2.30. The van der Waals surface area contributed by atoms with Crippen LogP contribution >= 0.6 is 15.9 Å². The Bertz CT molecular complexity index is 334. The predicted octanol–water partition coefficient (Wildman–Crippen LogP) is 3.35. The summed E-state index contributed by atoms with van der Waals surface area (Å²) in [5.74, 6) is 2.31. The van der Waals surface area contributed by atoms with Crippen molar-refractivity contribution in [2.24, 2.45) is 0 Å². The van der Waals surface area contributed by atoms with Crippen LogP contribution in [0.4, 0.5) is 0 Å². The standard InChI is InChI=1S/C12H15BrO2/c1-2-9(8-13)10-3-4-11-12(7-10)15-6-5-14-11/h3-4,7,9H,2,5-6,8H2,1H3. The van der Waals surface area contributed by atoms with Gasteiger partial charge in [-0.2, -0.15) is 0 Å². The third-order valence-corrected chi connectivity index (χ3v) is 3.50. The van der Waals surface area contributed by atoms with Crippen LogP contribution in [0.5, 0.6) is 11.5 Å². The molecule has 0 radical (unpaired) electrons. The molecule has 0 N–H and O–H groups in total. The largest absolute Gasteiger partial charge is 0.486 e. The highest BCUT2D eigenvalue weighted by Gasteiger charge is 2.15. The summed E-state index contributed by atoms with van der Waals surface area (Å²) >= 11 is 3.54. The maximum absolute atomic E-state index is 5.56. The van der Waals surface area contributed by atoms with Crippen LogP contribution in [0.3, 0.4) is 0 Å². The Labute approximate surface area is 98.7 Å². The Balaban J connectivity index is 2.27. The number of hydrogen-bond acceptors (Lipinski definition) is 2. The minimum atomic E-state index is 0.556. The molecule has 0 aliphatic carbocycles. The molecule has 0 spiro atoms. The van der Waals surface area contributed by atoms with E-state index >= 15 is 0 Å². The Kier molecular flexibility index (Phi) is 3.52. The molecule has 82 valence electrons. The van der Waals surface area contributed by atoms with Gasteiger partial charge in [0, 0.05) is 5.33 Å². The topological polar surface area (TPSA) is 18.5 Å². The van der Waals surface area contributed by atoms with Crippen LogP contribution in [0.25, 0.3) is 0 Å². The van der Waals surface area contributed by atoms with Gasteiger partial charge in [-0.05, 0) is 30.0 Å². The second-order valence-corrected chi connectivity index (χ2v) is 4.31. The molecule has 1 aliphatic heterocycles. The second-order valence-electron chi connectivity index (χ2n) is 3.66. The van der Waals surface area contributed by atoms with Crippen molar-refractivity contribution in [2.45, 2.75) is 19.3 Å². The molecule has 2 nitrogen and oxygen atoms in total. The second kappa shape index (κ2) is 4.88. The highest BCUT2D eigenvalue weighted by atomic mass is 79.9. The van der Waals surface area contributed by atoms with E-state index < -0.39 is 0 Å². The van der Waals surface area contributed by atoms with Gasteiger partial charge in [-0.15, -0.1) is 0 Å². The van der Waals surface area contributed by atoms with Crippen molar-refractivity contribution in [3.8, 4) is 11.5 Å². The molecule has 0 fully saturated rings. The normalized spacial score (nSPS) is 16.1. The minimum Gasteiger partial charge on any atom is -0.486 e. The lowest BCUT2D eigenvalue weighted by Gasteiger charge is -2.20. The summed E-state index contributed by atoms with van der Waals surface area (Å²) in [4.78, 5) is 0. The van der Waals surface area contributed by atoms with Crippen LogP contribution in [-0.4, -0.2) is 18.5 Å². The van der Waals surface area contributed by atoms with Crippen molar-refractivity contribution < 1.29 is 9.47 Å². The Morgan fingerprint density at radius 3 is 2.67 bits per heavy atom. The highest BCUT2D eigenvalue weighted by Crippen LogP contribution is 2.34. The van der Waals surface area contributed by atoms with Gasteiger partial charge in [0.15, 0.2) is 11.5 Å². The maximum Gasteiger partial charge on any atom is 0.161 e. The van der Waals surface area contributed by atoms with Crippen LogP contribution < -0.4 is 9.47 Å². The van der Waals surface area contributed by atoms with Gasteiger partial charge < -0.3 is 9.47 Å². The Hall–Kier alpha value is -0.700. The number of hydrogen-bond donors (Lipinski definition) is 0. The monoisotopic (exact) mass is 270 g/mol. The predicted molar refractivity (Wildman–Crippen MR) is 64.3 cm³/mol. The molecule has 1 unspecified atom stereocenters. The van der Waals surface area contributed by atoms with Gasteiger partial charge in [0.2, 0.25) is 0 Å². The summed E-state index contributed by atoms with van der Waals surface area (Å²) in [5, 5.41) is 0.989. The van der Waals surface area contributed by atoms with Crippen molar-refractivity contribution in [2.75, 3.05) is 18.5 Å². The van der Waals surface area contributed by atoms with Gasteiger partial charge in [0.05, 0.1) is 0 Å². The van der Waals surface area contributed by atoms with Crippen LogP contribution in [0, 0.1) is 0 Å². The molecular weight excluding hydrogens is 256 g/mol. The molecule has 0 bridgehead atoms. The summed E-state index contributed by atoms with van der Waals surface area (Å²) in [6.45, 7) is 3.51. The summed E-state index contributed by atoms with van der Waals surface area (Å²) in [6.07, 6.45) is 1.13. The number of rotatable bonds is 3. The van der Waals surface area contributed by atoms with Crippen LogP contribution in [-0.2, 0) is 0 Å². The Morgan fingerprint density at radius 1 is 1.27 bits per heavy atom. The van der Waals surface area contributed by atoms with Gasteiger partial charge in [-0.3, -0.25) is 0 Å². The summed E-state index contributed by atoms with van der Waals surface area (Å²) in [5.41, 5.74) is 1.32. The minimum absolute atomic E-state index is 0.556. The lowest BCUT2D eigenvalue weighted by molar-refractivity contribution is 0.171. The molecule has 1 aliphatic rings. The van der Waals surface area contributed by atoms with Crippen molar-refractivity contribution >= 4 is 15.9 Å². The number of halogens is 1. The first-order chi connectivity index (χ1) is 7.35. The van der Waals surface area contributed by atoms with Crippen LogP contribution in [0.15, 0.2) is 18.2 Å². The fraction of sp³-hybridized carbons (Fsp3) is 0.500. The molecule has 3 heteroatoms. The fourth-order valence-corrected chi connectivity index (χ4v) is 2.58. The zero-order valence-electron chi connectivity index (χ0n) is 8.83. The van der Waals surface area contributed by atoms with E-state index in [1.54, 1.807) is 0 Å². The molecular formula is C12H15BrO2. The van der Waals surface area contributed by atoms with Gasteiger partial charge in [0.1, 0.15) is 13.2 Å². The van der Waals surface area contributed by atoms with E-state index in [4.69, 9.17) is 9.47 Å². The third kappa shape index (κ3) is 2.28. The SMILES string of the molecule is CCC(CBr)c1ccc2c(c1)OCCO2. The van der Waals surface area contributed by atoms with Gasteiger partial charge in [0.25, 0.3) is 0 Å². The van der Waals surface area contributed by atoms with E-state index in [0.717, 1.165) is 23.2 Å². The first-order valence-corrected chi connectivity index (χ1v) is 6.42. The van der Waals surface area contributed by atoms with Crippen LogP contribution in [0.2, 0.25) is 0 Å². The summed E-state index contributed by atoms with van der Waals surface area (Å²) in [7, 11) is 0.